The van der Waals surface area contributed by atoms with Crippen LogP contribution in [0.25, 0.3) is 0 Å². The van der Waals surface area contributed by atoms with Crippen molar-refractivity contribution in [1.82, 2.24) is 5.32 Å². The predicted molar refractivity (Wildman–Crippen MR) is 44.4 cm³/mol. The summed E-state index contributed by atoms with van der Waals surface area (Å²) < 4.78 is 0. The summed E-state index contributed by atoms with van der Waals surface area (Å²) in [5.74, 6) is 0. The molecule has 1 heterocycles. The third-order valence-electron chi connectivity index (χ3n) is 2.80. The van der Waals surface area contributed by atoms with Gasteiger partial charge in [0.05, 0.1) is 0 Å². The number of hydrogen-bond acceptors (Lipinski definition) is 1. The highest BCUT2D eigenvalue weighted by atomic mass is 15.1. The Kier molecular flexibility index (Phi) is 0.977. The molecule has 56 valence electrons. The van der Waals surface area contributed by atoms with Crippen LogP contribution in [-0.2, 0) is 6.42 Å². The molecule has 2 unspecified atom stereocenters. The van der Waals surface area contributed by atoms with Gasteiger partial charge < -0.3 is 5.32 Å². The Bertz CT molecular complexity index is 293. The summed E-state index contributed by atoms with van der Waals surface area (Å²) >= 11 is 0. The van der Waals surface area contributed by atoms with Crippen molar-refractivity contribution in [2.24, 2.45) is 0 Å². The van der Waals surface area contributed by atoms with Crippen LogP contribution >= 0.6 is 0 Å². The molecule has 0 aromatic heterocycles. The highest BCUT2D eigenvalue weighted by Crippen LogP contribution is 2.39. The molecule has 2 atom stereocenters. The summed E-state index contributed by atoms with van der Waals surface area (Å²) in [5.41, 5.74) is 3.10. The molecule has 0 radical (unpaired) electrons. The minimum Gasteiger partial charge on any atom is -0.304 e. The van der Waals surface area contributed by atoms with Crippen molar-refractivity contribution >= 4 is 0 Å². The van der Waals surface area contributed by atoms with E-state index in [1.165, 1.54) is 12.8 Å². The average molecular weight is 145 g/mol. The molecule has 11 heavy (non-hydrogen) atoms. The lowest BCUT2D eigenvalue weighted by Crippen LogP contribution is -2.03. The Morgan fingerprint density at radius 3 is 3.18 bits per heavy atom. The average Bonchev–Trinajstić information content (AvgIpc) is 2.83. The fourth-order valence-electron chi connectivity index (χ4n) is 2.11. The van der Waals surface area contributed by atoms with Crippen molar-refractivity contribution in [3.8, 4) is 0 Å². The van der Waals surface area contributed by atoms with Gasteiger partial charge in [0.15, 0.2) is 0 Å². The first-order valence-corrected chi connectivity index (χ1v) is 4.29. The van der Waals surface area contributed by atoms with Crippen LogP contribution in [0.3, 0.4) is 0 Å². The molecular formula is C10H11N. The van der Waals surface area contributed by atoms with Crippen molar-refractivity contribution in [2.75, 3.05) is 0 Å². The van der Waals surface area contributed by atoms with Crippen molar-refractivity contribution in [1.29, 1.82) is 0 Å². The maximum Gasteiger partial charge on any atom is 0.0481 e. The molecule has 1 heteroatoms. The van der Waals surface area contributed by atoms with E-state index >= 15 is 0 Å². The van der Waals surface area contributed by atoms with Gasteiger partial charge in [0.1, 0.15) is 0 Å². The van der Waals surface area contributed by atoms with Crippen LogP contribution in [-0.4, -0.2) is 6.04 Å². The van der Waals surface area contributed by atoms with Gasteiger partial charge in [-0.15, -0.1) is 0 Å². The van der Waals surface area contributed by atoms with Crippen LogP contribution in [0.4, 0.5) is 0 Å². The summed E-state index contributed by atoms with van der Waals surface area (Å²) in [7, 11) is 0. The standard InChI is InChI=1S/C10H11N/c1-2-4-8-7(3-1)5-6-9-10(8)11-9/h1-4,9-11H,5-6H2. The van der Waals surface area contributed by atoms with Crippen LogP contribution in [0, 0.1) is 0 Å². The second kappa shape index (κ2) is 1.86. The minimum atomic E-state index is 0.708. The van der Waals surface area contributed by atoms with Gasteiger partial charge in [-0.2, -0.15) is 0 Å². The molecule has 2 aliphatic rings. The van der Waals surface area contributed by atoms with Crippen LogP contribution in [0.15, 0.2) is 24.3 Å². The molecule has 0 bridgehead atoms. The molecule has 0 spiro atoms. The van der Waals surface area contributed by atoms with Gasteiger partial charge in [0.25, 0.3) is 0 Å². The van der Waals surface area contributed by atoms with Crippen molar-refractivity contribution in [2.45, 2.75) is 24.9 Å². The van der Waals surface area contributed by atoms with Gasteiger partial charge in [0.2, 0.25) is 0 Å². The zero-order chi connectivity index (χ0) is 7.26. The summed E-state index contributed by atoms with van der Waals surface area (Å²) in [6.07, 6.45) is 2.60. The largest absolute Gasteiger partial charge is 0.304 e. The van der Waals surface area contributed by atoms with Crippen molar-refractivity contribution in [3.63, 3.8) is 0 Å². The molecule has 1 nitrogen and oxygen atoms in total. The highest BCUT2D eigenvalue weighted by Gasteiger charge is 2.40. The van der Waals surface area contributed by atoms with Crippen LogP contribution < -0.4 is 5.32 Å². The van der Waals surface area contributed by atoms with Crippen LogP contribution in [0.1, 0.15) is 23.6 Å². The Morgan fingerprint density at radius 1 is 1.27 bits per heavy atom. The molecule has 0 saturated carbocycles. The van der Waals surface area contributed by atoms with Gasteiger partial charge in [-0.25, -0.2) is 0 Å². The van der Waals surface area contributed by atoms with E-state index in [-0.39, 0.29) is 0 Å². The number of fused-ring (bicyclic) bond motifs is 3. The monoisotopic (exact) mass is 145 g/mol. The Morgan fingerprint density at radius 2 is 2.18 bits per heavy atom. The predicted octanol–water partition coefficient (Wildman–Crippen LogP) is 1.65. The molecule has 3 rings (SSSR count). The molecule has 1 aliphatic carbocycles. The normalized spacial score (nSPS) is 32.4. The molecule has 1 saturated heterocycles. The SMILES string of the molecule is c1ccc2c(c1)CCC1NC21. The smallest absolute Gasteiger partial charge is 0.0481 e. The molecule has 1 aromatic carbocycles. The van der Waals surface area contributed by atoms with Gasteiger partial charge >= 0.3 is 0 Å². The zero-order valence-corrected chi connectivity index (χ0v) is 6.38. The molecule has 1 aliphatic heterocycles. The van der Waals surface area contributed by atoms with E-state index in [1.807, 2.05) is 0 Å². The summed E-state index contributed by atoms with van der Waals surface area (Å²) in [6.45, 7) is 0. The highest BCUT2D eigenvalue weighted by molar-refractivity contribution is 5.37. The second-order valence-corrected chi connectivity index (χ2v) is 3.49. The number of benzene rings is 1. The van der Waals surface area contributed by atoms with E-state index in [1.54, 1.807) is 11.1 Å². The lowest BCUT2D eigenvalue weighted by Gasteiger charge is -2.11. The lowest BCUT2D eigenvalue weighted by atomic mass is 9.92. The Labute approximate surface area is 66.4 Å². The van der Waals surface area contributed by atoms with Gasteiger partial charge in [-0.05, 0) is 24.0 Å². The van der Waals surface area contributed by atoms with E-state index in [4.69, 9.17) is 0 Å². The molecule has 1 N–H and O–H groups in total. The van der Waals surface area contributed by atoms with E-state index < -0.39 is 0 Å². The Hall–Kier alpha value is -0.820. The summed E-state index contributed by atoms with van der Waals surface area (Å²) in [5, 5.41) is 3.49. The van der Waals surface area contributed by atoms with Gasteiger partial charge in [-0.3, -0.25) is 0 Å². The minimum absolute atomic E-state index is 0.708. The molecule has 0 amide bonds. The van der Waals surface area contributed by atoms with Crippen molar-refractivity contribution < 1.29 is 0 Å². The fourth-order valence-corrected chi connectivity index (χ4v) is 2.11. The third-order valence-corrected chi connectivity index (χ3v) is 2.80. The van der Waals surface area contributed by atoms with E-state index in [0.717, 1.165) is 6.04 Å². The van der Waals surface area contributed by atoms with E-state index in [9.17, 15) is 0 Å². The van der Waals surface area contributed by atoms with Gasteiger partial charge in [-0.1, -0.05) is 24.3 Å². The topological polar surface area (TPSA) is 21.9 Å². The van der Waals surface area contributed by atoms with E-state index in [2.05, 4.69) is 29.6 Å². The number of hydrogen-bond donors (Lipinski definition) is 1. The zero-order valence-electron chi connectivity index (χ0n) is 6.38. The number of rotatable bonds is 0. The summed E-state index contributed by atoms with van der Waals surface area (Å²) in [6, 6.07) is 10.3. The maximum atomic E-state index is 3.49. The maximum absolute atomic E-state index is 3.49. The quantitative estimate of drug-likeness (QED) is 0.551. The fraction of sp³-hybridized carbons (Fsp3) is 0.400. The second-order valence-electron chi connectivity index (χ2n) is 3.49. The first kappa shape index (κ1) is 5.78. The van der Waals surface area contributed by atoms with Crippen molar-refractivity contribution in [3.05, 3.63) is 35.4 Å². The number of nitrogens with one attached hydrogen (secondary N) is 1. The first-order valence-electron chi connectivity index (χ1n) is 4.29. The van der Waals surface area contributed by atoms with Gasteiger partial charge in [0, 0.05) is 12.1 Å². The Balaban J connectivity index is 2.14. The molecule has 1 fully saturated rings. The van der Waals surface area contributed by atoms with E-state index in [0.29, 0.717) is 6.04 Å². The summed E-state index contributed by atoms with van der Waals surface area (Å²) in [4.78, 5) is 0. The van der Waals surface area contributed by atoms with Crippen LogP contribution in [0.5, 0.6) is 0 Å². The lowest BCUT2D eigenvalue weighted by molar-refractivity contribution is 0.745. The molecule has 1 aromatic rings. The van der Waals surface area contributed by atoms with Crippen LogP contribution in [0.2, 0.25) is 0 Å². The molecular weight excluding hydrogens is 134 g/mol. The first-order chi connectivity index (χ1) is 5.45. The number of aryl methyl sites for hydroxylation is 1. The third kappa shape index (κ3) is 0.746.